The van der Waals surface area contributed by atoms with Gasteiger partial charge in [0.05, 0.1) is 12.2 Å². The van der Waals surface area contributed by atoms with Gasteiger partial charge in [0.25, 0.3) is 11.8 Å². The maximum absolute atomic E-state index is 13.1. The molecule has 8 nitrogen and oxygen atoms in total. The van der Waals surface area contributed by atoms with Crippen molar-refractivity contribution in [2.75, 3.05) is 51.2 Å². The van der Waals surface area contributed by atoms with Gasteiger partial charge in [0.2, 0.25) is 5.91 Å². The van der Waals surface area contributed by atoms with Gasteiger partial charge in [-0.1, -0.05) is 19.1 Å². The lowest BCUT2D eigenvalue weighted by Gasteiger charge is -2.36. The molecule has 8 heteroatoms. The van der Waals surface area contributed by atoms with Crippen molar-refractivity contribution in [1.82, 2.24) is 14.7 Å². The minimum Gasteiger partial charge on any atom is -0.395 e. The summed E-state index contributed by atoms with van der Waals surface area (Å²) in [4.78, 5) is 42.9. The van der Waals surface area contributed by atoms with Crippen molar-refractivity contribution < 1.29 is 19.5 Å². The molecule has 2 aliphatic rings. The third-order valence-electron chi connectivity index (χ3n) is 5.19. The molecular formula is C21H28N4O4. The standard InChI is InChI=1S/C21H28N4O4/c1-3-8-25-20(28)18(16-4-6-17(7-5-16)22-15(2)27)19(21(25)29)24-11-9-23(10-12-24)13-14-26/h4-7,26H,3,8-14H2,1-2H3,(H,22,27). The molecule has 2 aliphatic heterocycles. The quantitative estimate of drug-likeness (QED) is 0.656. The van der Waals surface area contributed by atoms with Crippen molar-refractivity contribution in [3.63, 3.8) is 0 Å². The smallest absolute Gasteiger partial charge is 0.277 e. The van der Waals surface area contributed by atoms with Crippen LogP contribution in [0, 0.1) is 0 Å². The number of β-amino-alcohol motifs (C(OH)–C–C–N with tert-alkyl or cyclic N) is 1. The molecule has 1 aromatic carbocycles. The number of anilines is 1. The number of hydrogen-bond donors (Lipinski definition) is 2. The first-order valence-electron chi connectivity index (χ1n) is 10.0. The van der Waals surface area contributed by atoms with Crippen molar-refractivity contribution in [3.05, 3.63) is 35.5 Å². The SMILES string of the molecule is CCCN1C(=O)C(c2ccc(NC(C)=O)cc2)=C(N2CCN(CCO)CC2)C1=O. The van der Waals surface area contributed by atoms with Crippen LogP contribution in [0.4, 0.5) is 5.69 Å². The fourth-order valence-electron chi connectivity index (χ4n) is 3.80. The Balaban J connectivity index is 1.92. The molecule has 2 N–H and O–H groups in total. The van der Waals surface area contributed by atoms with E-state index < -0.39 is 0 Å². The Kier molecular flexibility index (Phi) is 6.66. The maximum Gasteiger partial charge on any atom is 0.277 e. The molecule has 1 saturated heterocycles. The Bertz CT molecular complexity index is 810. The van der Waals surface area contributed by atoms with Crippen LogP contribution in [0.25, 0.3) is 5.57 Å². The number of rotatable bonds is 7. The summed E-state index contributed by atoms with van der Waals surface area (Å²) in [6.07, 6.45) is 0.698. The zero-order valence-corrected chi connectivity index (χ0v) is 17.0. The first kappa shape index (κ1) is 21.0. The maximum atomic E-state index is 13.1. The summed E-state index contributed by atoms with van der Waals surface area (Å²) < 4.78 is 0. The summed E-state index contributed by atoms with van der Waals surface area (Å²) in [5.41, 5.74) is 2.19. The molecule has 0 spiro atoms. The number of benzene rings is 1. The molecule has 1 fully saturated rings. The van der Waals surface area contributed by atoms with Gasteiger partial charge in [-0.05, 0) is 24.1 Å². The Morgan fingerprint density at radius 3 is 2.24 bits per heavy atom. The summed E-state index contributed by atoms with van der Waals surface area (Å²) in [5.74, 6) is -0.676. The summed E-state index contributed by atoms with van der Waals surface area (Å²) in [6, 6.07) is 7.01. The van der Waals surface area contributed by atoms with Crippen molar-refractivity contribution in [3.8, 4) is 0 Å². The van der Waals surface area contributed by atoms with E-state index in [0.29, 0.717) is 55.1 Å². The predicted octanol–water partition coefficient (Wildman–Crippen LogP) is 0.745. The summed E-state index contributed by atoms with van der Waals surface area (Å²) >= 11 is 0. The van der Waals surface area contributed by atoms with Crippen LogP contribution >= 0.6 is 0 Å². The number of nitrogens with one attached hydrogen (secondary N) is 1. The van der Waals surface area contributed by atoms with Crippen molar-refractivity contribution >= 4 is 29.0 Å². The summed E-state index contributed by atoms with van der Waals surface area (Å²) in [7, 11) is 0. The highest BCUT2D eigenvalue weighted by Crippen LogP contribution is 2.32. The lowest BCUT2D eigenvalue weighted by molar-refractivity contribution is -0.137. The van der Waals surface area contributed by atoms with Gasteiger partial charge in [-0.3, -0.25) is 24.2 Å². The number of aliphatic hydroxyl groups excluding tert-OH is 1. The third-order valence-corrected chi connectivity index (χ3v) is 5.19. The van der Waals surface area contributed by atoms with Gasteiger partial charge in [0.15, 0.2) is 0 Å². The van der Waals surface area contributed by atoms with E-state index in [4.69, 9.17) is 5.11 Å². The van der Waals surface area contributed by atoms with Crippen LogP contribution in [-0.2, 0) is 14.4 Å². The molecular weight excluding hydrogens is 372 g/mol. The molecule has 2 heterocycles. The molecule has 0 saturated carbocycles. The van der Waals surface area contributed by atoms with Gasteiger partial charge in [0.1, 0.15) is 5.70 Å². The minimum atomic E-state index is -0.267. The van der Waals surface area contributed by atoms with Gasteiger partial charge in [-0.25, -0.2) is 0 Å². The highest BCUT2D eigenvalue weighted by Gasteiger charge is 2.41. The van der Waals surface area contributed by atoms with Crippen LogP contribution in [0.1, 0.15) is 25.8 Å². The molecule has 0 radical (unpaired) electrons. The molecule has 156 valence electrons. The van der Waals surface area contributed by atoms with Gasteiger partial charge in [0, 0.05) is 51.9 Å². The number of nitrogens with zero attached hydrogens (tertiary/aromatic N) is 3. The molecule has 0 aromatic heterocycles. The lowest BCUT2D eigenvalue weighted by Crippen LogP contribution is -2.48. The van der Waals surface area contributed by atoms with Crippen LogP contribution in [0.2, 0.25) is 0 Å². The second-order valence-electron chi connectivity index (χ2n) is 7.30. The fourth-order valence-corrected chi connectivity index (χ4v) is 3.80. The molecule has 0 atom stereocenters. The second kappa shape index (κ2) is 9.19. The Labute approximate surface area is 170 Å². The monoisotopic (exact) mass is 400 g/mol. The Morgan fingerprint density at radius 2 is 1.69 bits per heavy atom. The van der Waals surface area contributed by atoms with E-state index in [-0.39, 0.29) is 24.3 Å². The number of imide groups is 1. The Hall–Kier alpha value is -2.71. The van der Waals surface area contributed by atoms with E-state index in [0.717, 1.165) is 13.1 Å². The van der Waals surface area contributed by atoms with E-state index in [1.165, 1.54) is 11.8 Å². The highest BCUT2D eigenvalue weighted by molar-refractivity contribution is 6.35. The van der Waals surface area contributed by atoms with E-state index in [1.54, 1.807) is 24.3 Å². The van der Waals surface area contributed by atoms with Crippen molar-refractivity contribution in [2.45, 2.75) is 20.3 Å². The largest absolute Gasteiger partial charge is 0.395 e. The Morgan fingerprint density at radius 1 is 1.03 bits per heavy atom. The zero-order chi connectivity index (χ0) is 21.0. The number of amides is 3. The molecule has 3 rings (SSSR count). The van der Waals surface area contributed by atoms with E-state index in [1.807, 2.05) is 11.8 Å². The average molecular weight is 400 g/mol. The molecule has 0 unspecified atom stereocenters. The van der Waals surface area contributed by atoms with Crippen LogP contribution in [0.5, 0.6) is 0 Å². The fraction of sp³-hybridized carbons (Fsp3) is 0.476. The molecule has 0 bridgehead atoms. The molecule has 3 amide bonds. The van der Waals surface area contributed by atoms with E-state index in [2.05, 4.69) is 10.2 Å². The number of aliphatic hydroxyl groups is 1. The van der Waals surface area contributed by atoms with Gasteiger partial charge >= 0.3 is 0 Å². The van der Waals surface area contributed by atoms with Gasteiger partial charge < -0.3 is 15.3 Å². The van der Waals surface area contributed by atoms with Crippen molar-refractivity contribution in [1.29, 1.82) is 0 Å². The lowest BCUT2D eigenvalue weighted by atomic mass is 10.0. The number of carbonyl (C=O) groups is 3. The van der Waals surface area contributed by atoms with E-state index in [9.17, 15) is 14.4 Å². The van der Waals surface area contributed by atoms with Gasteiger partial charge in [-0.15, -0.1) is 0 Å². The van der Waals surface area contributed by atoms with Crippen LogP contribution in [0.3, 0.4) is 0 Å². The van der Waals surface area contributed by atoms with Crippen molar-refractivity contribution in [2.24, 2.45) is 0 Å². The van der Waals surface area contributed by atoms with Crippen LogP contribution < -0.4 is 5.32 Å². The number of carbonyl (C=O) groups excluding carboxylic acids is 3. The molecule has 29 heavy (non-hydrogen) atoms. The van der Waals surface area contributed by atoms with E-state index >= 15 is 0 Å². The van der Waals surface area contributed by atoms with Gasteiger partial charge in [-0.2, -0.15) is 0 Å². The van der Waals surface area contributed by atoms with Crippen LogP contribution in [-0.4, -0.2) is 83.4 Å². The number of piperazine rings is 1. The topological polar surface area (TPSA) is 93.2 Å². The first-order chi connectivity index (χ1) is 14.0. The second-order valence-corrected chi connectivity index (χ2v) is 7.30. The average Bonchev–Trinajstić information content (AvgIpc) is 2.94. The normalized spacial score (nSPS) is 18.0. The minimum absolute atomic E-state index is 0.107. The zero-order valence-electron chi connectivity index (χ0n) is 17.0. The third kappa shape index (κ3) is 4.49. The molecule has 0 aliphatic carbocycles. The highest BCUT2D eigenvalue weighted by atomic mass is 16.3. The predicted molar refractivity (Wildman–Crippen MR) is 110 cm³/mol. The number of hydrogen-bond acceptors (Lipinski definition) is 6. The molecule has 1 aromatic rings. The summed E-state index contributed by atoms with van der Waals surface area (Å²) in [5, 5.41) is 11.8. The first-order valence-corrected chi connectivity index (χ1v) is 10.0. The van der Waals surface area contributed by atoms with Crippen LogP contribution in [0.15, 0.2) is 30.0 Å². The summed E-state index contributed by atoms with van der Waals surface area (Å²) in [6.45, 7) is 7.20.